The number of pyridine rings is 1. The lowest BCUT2D eigenvalue weighted by atomic mass is 10.3. The minimum absolute atomic E-state index is 0. The van der Waals surface area contributed by atoms with Gasteiger partial charge in [0.25, 0.3) is 0 Å². The van der Waals surface area contributed by atoms with Gasteiger partial charge in [0, 0.05) is 0 Å². The van der Waals surface area contributed by atoms with Crippen LogP contribution in [0.4, 0.5) is 0 Å². The van der Waals surface area contributed by atoms with Gasteiger partial charge in [0.05, 0.1) is 12.7 Å². The number of ether oxygens (including phenoxy) is 2. The summed E-state index contributed by atoms with van der Waals surface area (Å²) in [6, 6.07) is 2.32. The lowest BCUT2D eigenvalue weighted by molar-refractivity contribution is -0.148. The average molecular weight is 344 g/mol. The molecular weight excluding hydrogens is 327 g/mol. The molecule has 1 heterocycles. The van der Waals surface area contributed by atoms with Crippen molar-refractivity contribution in [3.05, 3.63) is 28.0 Å². The van der Waals surface area contributed by atoms with E-state index in [0.717, 1.165) is 0 Å². The summed E-state index contributed by atoms with van der Waals surface area (Å²) in [6.45, 7) is 3.88. The van der Waals surface area contributed by atoms with Crippen LogP contribution >= 0.6 is 35.6 Å². The van der Waals surface area contributed by atoms with Gasteiger partial charge in [-0.1, -0.05) is 23.2 Å². The number of halogens is 3. The molecular formula is C12H17Cl3N2O3. The second-order valence-corrected chi connectivity index (χ2v) is 4.99. The van der Waals surface area contributed by atoms with E-state index in [1.54, 1.807) is 12.1 Å². The van der Waals surface area contributed by atoms with Gasteiger partial charge in [-0.25, -0.2) is 4.98 Å². The largest absolute Gasteiger partial charge is 0.460 e. The molecule has 5 nitrogen and oxygen atoms in total. The monoisotopic (exact) mass is 342 g/mol. The van der Waals surface area contributed by atoms with E-state index >= 15 is 0 Å². The zero-order valence-electron chi connectivity index (χ0n) is 11.1. The minimum Gasteiger partial charge on any atom is -0.460 e. The van der Waals surface area contributed by atoms with Crippen LogP contribution in [0, 0.1) is 0 Å². The molecule has 2 N–H and O–H groups in total. The fourth-order valence-corrected chi connectivity index (χ4v) is 1.73. The summed E-state index contributed by atoms with van der Waals surface area (Å²) in [5, 5.41) is 0.483. The number of rotatable bonds is 6. The summed E-state index contributed by atoms with van der Waals surface area (Å²) in [4.78, 5) is 15.4. The molecule has 0 saturated heterocycles. The van der Waals surface area contributed by atoms with Gasteiger partial charge in [0.15, 0.2) is 0 Å². The Morgan fingerprint density at radius 2 is 1.90 bits per heavy atom. The molecule has 0 radical (unpaired) electrons. The van der Waals surface area contributed by atoms with Crippen molar-refractivity contribution in [3.8, 4) is 0 Å². The van der Waals surface area contributed by atoms with Crippen LogP contribution in [0.2, 0.25) is 10.3 Å². The smallest absolute Gasteiger partial charge is 0.325 e. The summed E-state index contributed by atoms with van der Waals surface area (Å²) < 4.78 is 10.3. The Bertz CT molecular complexity index is 424. The maximum absolute atomic E-state index is 11.6. The maximum Gasteiger partial charge on any atom is 0.325 e. The first-order chi connectivity index (χ1) is 8.88. The zero-order valence-corrected chi connectivity index (χ0v) is 13.5. The first-order valence-corrected chi connectivity index (χ1v) is 6.50. The third-order valence-electron chi connectivity index (χ3n) is 2.12. The molecule has 0 unspecified atom stereocenters. The van der Waals surface area contributed by atoms with Crippen molar-refractivity contribution in [1.82, 2.24) is 4.98 Å². The van der Waals surface area contributed by atoms with Gasteiger partial charge in [-0.2, -0.15) is 0 Å². The molecule has 0 spiro atoms. The molecule has 20 heavy (non-hydrogen) atoms. The van der Waals surface area contributed by atoms with Gasteiger partial charge in [0.2, 0.25) is 0 Å². The van der Waals surface area contributed by atoms with E-state index in [1.165, 1.54) is 0 Å². The van der Waals surface area contributed by atoms with Crippen LogP contribution in [-0.2, 0) is 20.9 Å². The predicted molar refractivity (Wildman–Crippen MR) is 80.4 cm³/mol. The molecule has 1 aromatic heterocycles. The Morgan fingerprint density at radius 3 is 2.40 bits per heavy atom. The van der Waals surface area contributed by atoms with E-state index in [4.69, 9.17) is 38.4 Å². The minimum atomic E-state index is -0.810. The predicted octanol–water partition coefficient (Wildman–Crippen LogP) is 2.61. The molecule has 0 aliphatic heterocycles. The third-order valence-corrected chi connectivity index (χ3v) is 2.50. The van der Waals surface area contributed by atoms with Crippen molar-refractivity contribution in [2.24, 2.45) is 5.73 Å². The quantitative estimate of drug-likeness (QED) is 0.635. The molecule has 1 atom stereocenters. The van der Waals surface area contributed by atoms with E-state index < -0.39 is 12.0 Å². The summed E-state index contributed by atoms with van der Waals surface area (Å²) in [7, 11) is 0. The SMILES string of the molecule is CC(C)OC[C@H](N)C(=O)OCc1cc(Cl)nc(Cl)c1.Cl. The number of aromatic nitrogens is 1. The number of carbonyl (C=O) groups is 1. The van der Waals surface area contributed by atoms with Crippen molar-refractivity contribution in [2.75, 3.05) is 6.61 Å². The van der Waals surface area contributed by atoms with Crippen molar-refractivity contribution in [2.45, 2.75) is 32.6 Å². The highest BCUT2D eigenvalue weighted by molar-refractivity contribution is 6.32. The Morgan fingerprint density at radius 1 is 1.35 bits per heavy atom. The molecule has 0 amide bonds. The van der Waals surface area contributed by atoms with E-state index in [9.17, 15) is 4.79 Å². The normalized spacial score (nSPS) is 11.9. The fourth-order valence-electron chi connectivity index (χ4n) is 1.22. The molecule has 0 bridgehead atoms. The number of hydrogen-bond donors (Lipinski definition) is 1. The van der Waals surface area contributed by atoms with Crippen molar-refractivity contribution < 1.29 is 14.3 Å². The van der Waals surface area contributed by atoms with Crippen LogP contribution in [0.5, 0.6) is 0 Å². The van der Waals surface area contributed by atoms with Crippen LogP contribution in [-0.4, -0.2) is 29.7 Å². The second kappa shape index (κ2) is 9.37. The molecule has 1 aromatic rings. The summed E-state index contributed by atoms with van der Waals surface area (Å²) in [6.07, 6.45) is 0.0108. The van der Waals surface area contributed by atoms with Gasteiger partial charge in [0.1, 0.15) is 23.0 Å². The standard InChI is InChI=1S/C12H16Cl2N2O3.ClH/c1-7(2)18-6-9(15)12(17)19-5-8-3-10(13)16-11(14)4-8;/h3-4,7,9H,5-6,15H2,1-2H3;1H/t9-;/m0./s1. The average Bonchev–Trinajstić information content (AvgIpc) is 2.31. The number of esters is 1. The van der Waals surface area contributed by atoms with Gasteiger partial charge >= 0.3 is 5.97 Å². The molecule has 0 aliphatic carbocycles. The number of carbonyl (C=O) groups excluding carboxylic acids is 1. The highest BCUT2D eigenvalue weighted by atomic mass is 35.5. The number of nitrogens with zero attached hydrogens (tertiary/aromatic N) is 1. The molecule has 1 rings (SSSR count). The highest BCUT2D eigenvalue weighted by Crippen LogP contribution is 2.15. The molecule has 0 aromatic carbocycles. The lowest BCUT2D eigenvalue weighted by Gasteiger charge is -2.13. The Labute approximate surface area is 134 Å². The number of nitrogens with two attached hydrogens (primary N) is 1. The van der Waals surface area contributed by atoms with Gasteiger partial charge in [-0.3, -0.25) is 4.79 Å². The van der Waals surface area contributed by atoms with Gasteiger partial charge in [-0.05, 0) is 31.5 Å². The summed E-state index contributed by atoms with van der Waals surface area (Å²) >= 11 is 11.5. The van der Waals surface area contributed by atoms with Crippen LogP contribution in [0.1, 0.15) is 19.4 Å². The van der Waals surface area contributed by atoms with Crippen LogP contribution in [0.3, 0.4) is 0 Å². The van der Waals surface area contributed by atoms with E-state index in [-0.39, 0.29) is 42.0 Å². The topological polar surface area (TPSA) is 74.4 Å². The molecule has 0 aliphatic rings. The van der Waals surface area contributed by atoms with Crippen molar-refractivity contribution >= 4 is 41.6 Å². The van der Waals surface area contributed by atoms with E-state index in [1.807, 2.05) is 13.8 Å². The zero-order chi connectivity index (χ0) is 14.4. The lowest BCUT2D eigenvalue weighted by Crippen LogP contribution is -2.37. The second-order valence-electron chi connectivity index (χ2n) is 4.22. The van der Waals surface area contributed by atoms with Crippen molar-refractivity contribution in [3.63, 3.8) is 0 Å². The van der Waals surface area contributed by atoms with E-state index in [2.05, 4.69) is 4.98 Å². The first kappa shape index (κ1) is 19.4. The van der Waals surface area contributed by atoms with E-state index in [0.29, 0.717) is 5.56 Å². The maximum atomic E-state index is 11.6. The van der Waals surface area contributed by atoms with Gasteiger partial charge < -0.3 is 15.2 Å². The Balaban J connectivity index is 0.00000361. The summed E-state index contributed by atoms with van der Waals surface area (Å²) in [5.41, 5.74) is 6.27. The van der Waals surface area contributed by atoms with Crippen LogP contribution in [0.25, 0.3) is 0 Å². The number of hydrogen-bond acceptors (Lipinski definition) is 5. The van der Waals surface area contributed by atoms with Gasteiger partial charge in [-0.15, -0.1) is 12.4 Å². The van der Waals surface area contributed by atoms with Crippen LogP contribution < -0.4 is 5.73 Å². The van der Waals surface area contributed by atoms with Crippen molar-refractivity contribution in [1.29, 1.82) is 0 Å². The third kappa shape index (κ3) is 7.26. The molecule has 114 valence electrons. The summed E-state index contributed by atoms with van der Waals surface area (Å²) in [5.74, 6) is -0.537. The Hall–Kier alpha value is -0.590. The molecule has 0 saturated carbocycles. The highest BCUT2D eigenvalue weighted by Gasteiger charge is 2.16. The fraction of sp³-hybridized carbons (Fsp3) is 0.500. The Kier molecular flexibility index (Phi) is 9.09. The molecule has 0 fully saturated rings. The molecule has 8 heteroatoms. The van der Waals surface area contributed by atoms with Crippen LogP contribution in [0.15, 0.2) is 12.1 Å². The first-order valence-electron chi connectivity index (χ1n) is 5.74.